The maximum absolute atomic E-state index is 11.2. The van der Waals surface area contributed by atoms with E-state index in [1.54, 1.807) is 13.2 Å². The van der Waals surface area contributed by atoms with Gasteiger partial charge in [-0.3, -0.25) is 0 Å². The zero-order valence-electron chi connectivity index (χ0n) is 13.2. The normalized spacial score (nSPS) is 11.7. The van der Waals surface area contributed by atoms with Crippen LogP contribution in [0.1, 0.15) is 19.4 Å². The van der Waals surface area contributed by atoms with Crippen molar-refractivity contribution in [1.82, 2.24) is 5.32 Å². The summed E-state index contributed by atoms with van der Waals surface area (Å²) in [4.78, 5) is 0. The number of ether oxygens (including phenoxy) is 2. The van der Waals surface area contributed by atoms with E-state index >= 15 is 0 Å². The highest BCUT2D eigenvalue weighted by Gasteiger charge is 2.08. The molecule has 0 spiro atoms. The molecule has 0 heterocycles. The van der Waals surface area contributed by atoms with Crippen LogP contribution in [0.15, 0.2) is 18.2 Å². The van der Waals surface area contributed by atoms with Gasteiger partial charge in [0.25, 0.3) is 0 Å². The van der Waals surface area contributed by atoms with Gasteiger partial charge in [0.2, 0.25) is 0 Å². The van der Waals surface area contributed by atoms with Crippen LogP contribution in [0.5, 0.6) is 11.5 Å². The first kappa shape index (κ1) is 17.8. The fraction of sp³-hybridized carbons (Fsp3) is 0.600. The molecule has 0 aliphatic carbocycles. The molecule has 1 aromatic rings. The Hall–Kier alpha value is -1.27. The van der Waals surface area contributed by atoms with Gasteiger partial charge < -0.3 is 14.8 Å². The van der Waals surface area contributed by atoms with Crippen molar-refractivity contribution in [3.8, 4) is 11.5 Å². The maximum atomic E-state index is 11.2. The second kappa shape index (κ2) is 8.24. The van der Waals surface area contributed by atoms with Crippen molar-refractivity contribution in [2.24, 2.45) is 5.92 Å². The monoisotopic (exact) mass is 315 g/mol. The summed E-state index contributed by atoms with van der Waals surface area (Å²) in [7, 11) is -1.43. The molecular formula is C15H25NO4S. The molecule has 0 amide bonds. The lowest BCUT2D eigenvalue weighted by Gasteiger charge is -2.14. The second-order valence-electron chi connectivity index (χ2n) is 5.48. The number of hydrogen-bond acceptors (Lipinski definition) is 5. The first-order valence-electron chi connectivity index (χ1n) is 7.00. The van der Waals surface area contributed by atoms with E-state index in [1.165, 1.54) is 6.26 Å². The van der Waals surface area contributed by atoms with Crippen LogP contribution in [0.4, 0.5) is 0 Å². The van der Waals surface area contributed by atoms with Gasteiger partial charge in [-0.25, -0.2) is 8.42 Å². The summed E-state index contributed by atoms with van der Waals surface area (Å²) in [5, 5.41) is 3.35. The van der Waals surface area contributed by atoms with E-state index in [4.69, 9.17) is 9.47 Å². The first-order chi connectivity index (χ1) is 9.81. The number of rotatable bonds is 9. The Kier molecular flexibility index (Phi) is 6.98. The standard InChI is InChI=1S/C15H25NO4S/c1-12(2)10-16-11-13-5-6-14(19-3)9-15(13)20-7-8-21(4,17)18/h5-6,9,12,16H,7-8,10-11H2,1-4H3. The lowest BCUT2D eigenvalue weighted by atomic mass is 10.1. The van der Waals surface area contributed by atoms with E-state index in [0.29, 0.717) is 24.0 Å². The minimum Gasteiger partial charge on any atom is -0.497 e. The summed E-state index contributed by atoms with van der Waals surface area (Å²) in [5.41, 5.74) is 0.991. The molecule has 21 heavy (non-hydrogen) atoms. The SMILES string of the molecule is COc1ccc(CNCC(C)C)c(OCCS(C)(=O)=O)c1. The van der Waals surface area contributed by atoms with Crippen molar-refractivity contribution < 1.29 is 17.9 Å². The quantitative estimate of drug-likeness (QED) is 0.753. The van der Waals surface area contributed by atoms with Crippen molar-refractivity contribution in [1.29, 1.82) is 0 Å². The van der Waals surface area contributed by atoms with Crippen molar-refractivity contribution in [2.45, 2.75) is 20.4 Å². The Morgan fingerprint density at radius 2 is 2.00 bits per heavy atom. The fourth-order valence-corrected chi connectivity index (χ4v) is 2.13. The van der Waals surface area contributed by atoms with E-state index in [9.17, 15) is 8.42 Å². The summed E-state index contributed by atoms with van der Waals surface area (Å²) in [6.45, 7) is 6.02. The van der Waals surface area contributed by atoms with Gasteiger partial charge in [-0.2, -0.15) is 0 Å². The maximum Gasteiger partial charge on any atom is 0.150 e. The van der Waals surface area contributed by atoms with Crippen LogP contribution in [0.25, 0.3) is 0 Å². The summed E-state index contributed by atoms with van der Waals surface area (Å²) < 4.78 is 33.1. The molecule has 0 radical (unpaired) electrons. The van der Waals surface area contributed by atoms with E-state index in [0.717, 1.165) is 12.1 Å². The third kappa shape index (κ3) is 7.34. The summed E-state index contributed by atoms with van der Waals surface area (Å²) in [6.07, 6.45) is 1.20. The van der Waals surface area contributed by atoms with E-state index in [1.807, 2.05) is 12.1 Å². The summed E-state index contributed by atoms with van der Waals surface area (Å²) >= 11 is 0. The van der Waals surface area contributed by atoms with Gasteiger partial charge in [-0.15, -0.1) is 0 Å². The Balaban J connectivity index is 2.72. The van der Waals surface area contributed by atoms with E-state index < -0.39 is 9.84 Å². The zero-order valence-corrected chi connectivity index (χ0v) is 14.0. The third-order valence-corrected chi connectivity index (χ3v) is 3.76. The Labute approximate surface area is 127 Å². The molecule has 1 rings (SSSR count). The highest BCUT2D eigenvalue weighted by molar-refractivity contribution is 7.90. The molecule has 0 aliphatic rings. The molecule has 0 saturated carbocycles. The van der Waals surface area contributed by atoms with Gasteiger partial charge in [0.1, 0.15) is 18.1 Å². The van der Waals surface area contributed by atoms with Gasteiger partial charge in [0.15, 0.2) is 9.84 Å². The van der Waals surface area contributed by atoms with Gasteiger partial charge >= 0.3 is 0 Å². The van der Waals surface area contributed by atoms with Crippen molar-refractivity contribution >= 4 is 9.84 Å². The lowest BCUT2D eigenvalue weighted by molar-refractivity contribution is 0.332. The molecule has 0 aromatic heterocycles. The van der Waals surface area contributed by atoms with Crippen molar-refractivity contribution in [3.63, 3.8) is 0 Å². The molecule has 0 saturated heterocycles. The highest BCUT2D eigenvalue weighted by Crippen LogP contribution is 2.25. The van der Waals surface area contributed by atoms with Crippen molar-refractivity contribution in [2.75, 3.05) is 32.3 Å². The Morgan fingerprint density at radius 3 is 2.57 bits per heavy atom. The number of methoxy groups -OCH3 is 1. The molecular weight excluding hydrogens is 290 g/mol. The molecule has 5 nitrogen and oxygen atoms in total. The van der Waals surface area contributed by atoms with Crippen LogP contribution < -0.4 is 14.8 Å². The second-order valence-corrected chi connectivity index (χ2v) is 7.74. The molecule has 0 bridgehead atoms. The largest absolute Gasteiger partial charge is 0.497 e. The molecule has 120 valence electrons. The number of hydrogen-bond donors (Lipinski definition) is 1. The topological polar surface area (TPSA) is 64.6 Å². The molecule has 1 aromatic carbocycles. The minimum atomic E-state index is -3.02. The predicted molar refractivity (Wildman–Crippen MR) is 84.7 cm³/mol. The fourth-order valence-electron chi connectivity index (χ4n) is 1.74. The van der Waals surface area contributed by atoms with Crippen LogP contribution in [0, 0.1) is 5.92 Å². The minimum absolute atomic E-state index is 0.00305. The predicted octanol–water partition coefficient (Wildman–Crippen LogP) is 1.86. The van der Waals surface area contributed by atoms with E-state index in [-0.39, 0.29) is 12.4 Å². The molecule has 0 atom stereocenters. The highest BCUT2D eigenvalue weighted by atomic mass is 32.2. The molecule has 0 unspecified atom stereocenters. The number of benzene rings is 1. The van der Waals surface area contributed by atoms with Gasteiger partial charge in [0.05, 0.1) is 12.9 Å². The van der Waals surface area contributed by atoms with Crippen LogP contribution in [0.3, 0.4) is 0 Å². The lowest BCUT2D eigenvalue weighted by Crippen LogP contribution is -2.20. The van der Waals surface area contributed by atoms with Crippen LogP contribution in [-0.4, -0.2) is 40.7 Å². The number of nitrogens with one attached hydrogen (secondary N) is 1. The molecule has 1 N–H and O–H groups in total. The number of sulfone groups is 1. The van der Waals surface area contributed by atoms with Crippen LogP contribution in [0.2, 0.25) is 0 Å². The van der Waals surface area contributed by atoms with Gasteiger partial charge in [-0.05, 0) is 18.5 Å². The average Bonchev–Trinajstić information content (AvgIpc) is 2.38. The average molecular weight is 315 g/mol. The molecule has 0 fully saturated rings. The van der Waals surface area contributed by atoms with Crippen LogP contribution in [-0.2, 0) is 16.4 Å². The Morgan fingerprint density at radius 1 is 1.29 bits per heavy atom. The Bertz CT molecular complexity index is 541. The molecule has 6 heteroatoms. The third-order valence-electron chi connectivity index (χ3n) is 2.85. The van der Waals surface area contributed by atoms with E-state index in [2.05, 4.69) is 19.2 Å². The van der Waals surface area contributed by atoms with Gasteiger partial charge in [0, 0.05) is 24.4 Å². The first-order valence-corrected chi connectivity index (χ1v) is 9.06. The summed E-state index contributed by atoms with van der Waals surface area (Å²) in [5.74, 6) is 1.92. The van der Waals surface area contributed by atoms with Gasteiger partial charge in [-0.1, -0.05) is 19.9 Å². The summed E-state index contributed by atoms with van der Waals surface area (Å²) in [6, 6.07) is 5.59. The van der Waals surface area contributed by atoms with Crippen molar-refractivity contribution in [3.05, 3.63) is 23.8 Å². The zero-order chi connectivity index (χ0) is 15.9. The molecule has 0 aliphatic heterocycles. The van der Waals surface area contributed by atoms with Crippen LogP contribution >= 0.6 is 0 Å². The smallest absolute Gasteiger partial charge is 0.150 e.